The van der Waals surface area contributed by atoms with E-state index in [9.17, 15) is 0 Å². The first kappa shape index (κ1) is 14.6. The molecule has 2 rings (SSSR count). The molecule has 2 N–H and O–H groups in total. The normalized spacial score (nSPS) is 12.2. The second kappa shape index (κ2) is 6.58. The van der Waals surface area contributed by atoms with Crippen molar-refractivity contribution in [2.24, 2.45) is 5.73 Å². The first-order chi connectivity index (χ1) is 9.63. The van der Waals surface area contributed by atoms with Crippen molar-refractivity contribution in [2.75, 3.05) is 6.61 Å². The fourth-order valence-electron chi connectivity index (χ4n) is 2.31. The first-order valence-electron chi connectivity index (χ1n) is 7.18. The number of nitrogens with two attached hydrogens (primary N) is 1. The van der Waals surface area contributed by atoms with E-state index in [0.717, 1.165) is 24.3 Å². The Bertz CT molecular complexity index is 577. The molecule has 1 atom stereocenters. The molecule has 0 aliphatic heterocycles. The average Bonchev–Trinajstić information content (AvgIpc) is 2.47. The van der Waals surface area contributed by atoms with E-state index in [4.69, 9.17) is 10.5 Å². The first-order valence-corrected chi connectivity index (χ1v) is 7.18. The third-order valence-electron chi connectivity index (χ3n) is 3.67. The number of hydrogen-bond acceptors (Lipinski definition) is 2. The van der Waals surface area contributed by atoms with Crippen LogP contribution in [0.3, 0.4) is 0 Å². The van der Waals surface area contributed by atoms with Crippen LogP contribution in [0.2, 0.25) is 0 Å². The SMILES string of the molecule is CCCOc1cccc(C(N)c2cccc(C)c2C)c1. The summed E-state index contributed by atoms with van der Waals surface area (Å²) in [5.74, 6) is 0.894. The molecule has 0 saturated carbocycles. The minimum atomic E-state index is -0.111. The molecule has 106 valence electrons. The highest BCUT2D eigenvalue weighted by Gasteiger charge is 2.12. The van der Waals surface area contributed by atoms with Crippen LogP contribution in [-0.2, 0) is 0 Å². The summed E-state index contributed by atoms with van der Waals surface area (Å²) in [6.07, 6.45) is 1.01. The van der Waals surface area contributed by atoms with Crippen molar-refractivity contribution in [3.05, 3.63) is 64.7 Å². The molecule has 0 saturated heterocycles. The largest absolute Gasteiger partial charge is 0.494 e. The van der Waals surface area contributed by atoms with Gasteiger partial charge >= 0.3 is 0 Å². The van der Waals surface area contributed by atoms with E-state index in [0.29, 0.717) is 0 Å². The summed E-state index contributed by atoms with van der Waals surface area (Å²) in [5.41, 5.74) is 11.2. The number of ether oxygens (including phenoxy) is 1. The molecule has 0 heterocycles. The van der Waals surface area contributed by atoms with Crippen LogP contribution in [0.25, 0.3) is 0 Å². The molecule has 1 unspecified atom stereocenters. The zero-order valence-electron chi connectivity index (χ0n) is 12.5. The lowest BCUT2D eigenvalue weighted by Crippen LogP contribution is -2.14. The Morgan fingerprint density at radius 3 is 2.60 bits per heavy atom. The number of rotatable bonds is 5. The minimum absolute atomic E-state index is 0.111. The Balaban J connectivity index is 2.28. The van der Waals surface area contributed by atoms with Gasteiger partial charge in [0.2, 0.25) is 0 Å². The van der Waals surface area contributed by atoms with Crippen LogP contribution in [0, 0.1) is 13.8 Å². The van der Waals surface area contributed by atoms with E-state index in [2.05, 4.69) is 45.0 Å². The average molecular weight is 269 g/mol. The maximum absolute atomic E-state index is 6.43. The van der Waals surface area contributed by atoms with Crippen molar-refractivity contribution in [1.82, 2.24) is 0 Å². The van der Waals surface area contributed by atoms with Crippen molar-refractivity contribution in [3.8, 4) is 5.75 Å². The molecule has 2 aromatic carbocycles. The van der Waals surface area contributed by atoms with Gasteiger partial charge in [0.15, 0.2) is 0 Å². The van der Waals surface area contributed by atoms with Gasteiger partial charge in [0.05, 0.1) is 12.6 Å². The molecule has 0 fully saturated rings. The Morgan fingerprint density at radius 1 is 1.10 bits per heavy atom. The van der Waals surface area contributed by atoms with Crippen LogP contribution in [-0.4, -0.2) is 6.61 Å². The third-order valence-corrected chi connectivity index (χ3v) is 3.67. The van der Waals surface area contributed by atoms with E-state index in [1.54, 1.807) is 0 Å². The molecular formula is C18H23NO. The number of benzene rings is 2. The quantitative estimate of drug-likeness (QED) is 0.885. The Morgan fingerprint density at radius 2 is 1.85 bits per heavy atom. The number of hydrogen-bond donors (Lipinski definition) is 1. The van der Waals surface area contributed by atoms with Gasteiger partial charge in [0, 0.05) is 0 Å². The van der Waals surface area contributed by atoms with Gasteiger partial charge in [-0.3, -0.25) is 0 Å². The van der Waals surface area contributed by atoms with Crippen molar-refractivity contribution in [1.29, 1.82) is 0 Å². The molecular weight excluding hydrogens is 246 g/mol. The molecule has 0 amide bonds. The van der Waals surface area contributed by atoms with E-state index in [1.807, 2.05) is 18.2 Å². The highest BCUT2D eigenvalue weighted by Crippen LogP contribution is 2.26. The monoisotopic (exact) mass is 269 g/mol. The fraction of sp³-hybridized carbons (Fsp3) is 0.333. The van der Waals surface area contributed by atoms with Crippen LogP contribution in [0.5, 0.6) is 5.75 Å². The summed E-state index contributed by atoms with van der Waals surface area (Å²) in [5, 5.41) is 0. The van der Waals surface area contributed by atoms with Gasteiger partial charge in [0.1, 0.15) is 5.75 Å². The lowest BCUT2D eigenvalue weighted by molar-refractivity contribution is 0.317. The highest BCUT2D eigenvalue weighted by atomic mass is 16.5. The Kier molecular flexibility index (Phi) is 4.80. The molecule has 2 heteroatoms. The molecule has 0 aliphatic rings. The zero-order chi connectivity index (χ0) is 14.5. The molecule has 0 aromatic heterocycles. The summed E-state index contributed by atoms with van der Waals surface area (Å²) in [6, 6.07) is 14.3. The predicted molar refractivity (Wildman–Crippen MR) is 84.2 cm³/mol. The molecule has 0 spiro atoms. The molecule has 20 heavy (non-hydrogen) atoms. The fourth-order valence-corrected chi connectivity index (χ4v) is 2.31. The summed E-state index contributed by atoms with van der Waals surface area (Å²) in [6.45, 7) is 7.09. The van der Waals surface area contributed by atoms with E-state index < -0.39 is 0 Å². The summed E-state index contributed by atoms with van der Waals surface area (Å²) in [7, 11) is 0. The van der Waals surface area contributed by atoms with E-state index in [1.165, 1.54) is 16.7 Å². The molecule has 0 radical (unpaired) electrons. The maximum Gasteiger partial charge on any atom is 0.119 e. The van der Waals surface area contributed by atoms with Crippen LogP contribution in [0.15, 0.2) is 42.5 Å². The Labute approximate surface area is 121 Å². The predicted octanol–water partition coefficient (Wildman–Crippen LogP) is 4.14. The van der Waals surface area contributed by atoms with Crippen molar-refractivity contribution in [3.63, 3.8) is 0 Å². The summed E-state index contributed by atoms with van der Waals surface area (Å²) < 4.78 is 5.68. The maximum atomic E-state index is 6.43. The van der Waals surface area contributed by atoms with Gasteiger partial charge in [-0.1, -0.05) is 37.3 Å². The van der Waals surface area contributed by atoms with Crippen molar-refractivity contribution < 1.29 is 4.74 Å². The number of aryl methyl sites for hydroxylation is 1. The minimum Gasteiger partial charge on any atom is -0.494 e. The Hall–Kier alpha value is -1.80. The molecule has 0 aliphatic carbocycles. The van der Waals surface area contributed by atoms with Gasteiger partial charge in [-0.05, 0) is 54.7 Å². The third kappa shape index (κ3) is 3.20. The lowest BCUT2D eigenvalue weighted by Gasteiger charge is -2.17. The van der Waals surface area contributed by atoms with Gasteiger partial charge < -0.3 is 10.5 Å². The summed E-state index contributed by atoms with van der Waals surface area (Å²) in [4.78, 5) is 0. The van der Waals surface area contributed by atoms with Crippen molar-refractivity contribution in [2.45, 2.75) is 33.2 Å². The topological polar surface area (TPSA) is 35.2 Å². The van der Waals surface area contributed by atoms with Crippen LogP contribution < -0.4 is 10.5 Å². The second-order valence-electron chi connectivity index (χ2n) is 5.19. The second-order valence-corrected chi connectivity index (χ2v) is 5.19. The molecule has 0 bridgehead atoms. The molecule has 2 nitrogen and oxygen atoms in total. The van der Waals surface area contributed by atoms with Gasteiger partial charge in [-0.15, -0.1) is 0 Å². The highest BCUT2D eigenvalue weighted by molar-refractivity contribution is 5.42. The standard InChI is InChI=1S/C18H23NO/c1-4-11-20-16-9-6-8-15(12-16)18(19)17-10-5-7-13(2)14(17)3/h5-10,12,18H,4,11,19H2,1-3H3. The van der Waals surface area contributed by atoms with Gasteiger partial charge in [0.25, 0.3) is 0 Å². The zero-order valence-corrected chi connectivity index (χ0v) is 12.5. The molecule has 2 aromatic rings. The smallest absolute Gasteiger partial charge is 0.119 e. The summed E-state index contributed by atoms with van der Waals surface area (Å²) >= 11 is 0. The lowest BCUT2D eigenvalue weighted by atomic mass is 9.93. The van der Waals surface area contributed by atoms with Crippen LogP contribution in [0.4, 0.5) is 0 Å². The van der Waals surface area contributed by atoms with E-state index >= 15 is 0 Å². The van der Waals surface area contributed by atoms with Crippen LogP contribution in [0.1, 0.15) is 41.6 Å². The van der Waals surface area contributed by atoms with E-state index in [-0.39, 0.29) is 6.04 Å². The van der Waals surface area contributed by atoms with Gasteiger partial charge in [-0.2, -0.15) is 0 Å². The van der Waals surface area contributed by atoms with Crippen LogP contribution >= 0.6 is 0 Å². The van der Waals surface area contributed by atoms with Crippen molar-refractivity contribution >= 4 is 0 Å². The van der Waals surface area contributed by atoms with Gasteiger partial charge in [-0.25, -0.2) is 0 Å².